The molecule has 0 spiro atoms. The van der Waals surface area contributed by atoms with Gasteiger partial charge in [-0.2, -0.15) is 0 Å². The van der Waals surface area contributed by atoms with E-state index in [1.165, 1.54) is 0 Å². The molecule has 0 amide bonds. The summed E-state index contributed by atoms with van der Waals surface area (Å²) in [5.41, 5.74) is 1.07. The molecule has 0 aliphatic carbocycles. The zero-order valence-corrected chi connectivity index (χ0v) is 10.0. The number of imidazole rings is 1. The maximum Gasteiger partial charge on any atom is 0.136 e. The van der Waals surface area contributed by atoms with Crippen molar-refractivity contribution in [2.75, 3.05) is 0 Å². The fourth-order valence-corrected chi connectivity index (χ4v) is 0.853. The molecule has 0 fully saturated rings. The van der Waals surface area contributed by atoms with Gasteiger partial charge in [0.2, 0.25) is 0 Å². The van der Waals surface area contributed by atoms with Crippen molar-refractivity contribution < 1.29 is 0 Å². The highest BCUT2D eigenvalue weighted by molar-refractivity contribution is 5.43. The molecule has 0 aliphatic heterocycles. The third kappa shape index (κ3) is 4.08. The third-order valence-corrected chi connectivity index (χ3v) is 1.38. The standard InChI is InChI=1S/C8H10N2.2C2H6/c1-4-8-9-6-7(3)10(8)5-2;2*1-2/h4-6H,1-2H2,3H3;2*1-2H3. The minimum Gasteiger partial charge on any atom is -0.305 e. The van der Waals surface area contributed by atoms with Gasteiger partial charge in [-0.05, 0) is 13.0 Å². The summed E-state index contributed by atoms with van der Waals surface area (Å²) in [5.74, 6) is 0.840. The van der Waals surface area contributed by atoms with Crippen LogP contribution in [0.3, 0.4) is 0 Å². The number of nitrogens with zero attached hydrogens (tertiary/aromatic N) is 2. The van der Waals surface area contributed by atoms with Crippen LogP contribution in [0.15, 0.2) is 19.4 Å². The molecule has 1 aromatic heterocycles. The molecule has 0 unspecified atom stereocenters. The second-order valence-corrected chi connectivity index (χ2v) is 2.01. The van der Waals surface area contributed by atoms with Gasteiger partial charge >= 0.3 is 0 Å². The normalized spacial score (nSPS) is 7.50. The highest BCUT2D eigenvalue weighted by Gasteiger charge is 1.97. The smallest absolute Gasteiger partial charge is 0.136 e. The minimum absolute atomic E-state index is 0.840. The van der Waals surface area contributed by atoms with E-state index >= 15 is 0 Å². The Morgan fingerprint density at radius 1 is 1.21 bits per heavy atom. The predicted molar refractivity (Wildman–Crippen MR) is 66.1 cm³/mol. The molecule has 1 aromatic rings. The van der Waals surface area contributed by atoms with Gasteiger partial charge in [-0.15, -0.1) is 0 Å². The summed E-state index contributed by atoms with van der Waals surface area (Å²) >= 11 is 0. The lowest BCUT2D eigenvalue weighted by molar-refractivity contribution is 1.06. The summed E-state index contributed by atoms with van der Waals surface area (Å²) in [4.78, 5) is 4.08. The van der Waals surface area contributed by atoms with E-state index in [1.807, 2.05) is 39.2 Å². The second kappa shape index (κ2) is 9.78. The molecular formula is C12H22N2. The van der Waals surface area contributed by atoms with E-state index in [0.29, 0.717) is 0 Å². The Balaban J connectivity index is 0. The maximum atomic E-state index is 4.08. The van der Waals surface area contributed by atoms with Crippen molar-refractivity contribution in [2.45, 2.75) is 34.6 Å². The molecule has 0 saturated heterocycles. The van der Waals surface area contributed by atoms with Crippen molar-refractivity contribution in [3.63, 3.8) is 0 Å². The molecule has 1 rings (SSSR count). The average Bonchev–Trinajstić information content (AvgIpc) is 2.64. The van der Waals surface area contributed by atoms with E-state index in [2.05, 4.69) is 18.1 Å². The number of hydrogen-bond acceptors (Lipinski definition) is 1. The molecule has 1 heterocycles. The van der Waals surface area contributed by atoms with Crippen LogP contribution in [-0.4, -0.2) is 9.55 Å². The van der Waals surface area contributed by atoms with Crippen LogP contribution in [0.1, 0.15) is 39.2 Å². The second-order valence-electron chi connectivity index (χ2n) is 2.01. The van der Waals surface area contributed by atoms with Crippen LogP contribution in [0.2, 0.25) is 0 Å². The molecule has 0 bridgehead atoms. The van der Waals surface area contributed by atoms with Crippen LogP contribution in [0.4, 0.5) is 0 Å². The molecular weight excluding hydrogens is 172 g/mol. The van der Waals surface area contributed by atoms with E-state index in [0.717, 1.165) is 11.5 Å². The summed E-state index contributed by atoms with van der Waals surface area (Å²) in [7, 11) is 0. The zero-order valence-electron chi connectivity index (χ0n) is 10.0. The Morgan fingerprint density at radius 2 is 1.71 bits per heavy atom. The van der Waals surface area contributed by atoms with Gasteiger partial charge < -0.3 is 4.57 Å². The van der Waals surface area contributed by atoms with Crippen molar-refractivity contribution in [1.82, 2.24) is 9.55 Å². The molecule has 0 N–H and O–H groups in total. The maximum absolute atomic E-state index is 4.08. The number of hydrogen-bond donors (Lipinski definition) is 0. The van der Waals surface area contributed by atoms with E-state index in [9.17, 15) is 0 Å². The summed E-state index contributed by atoms with van der Waals surface area (Å²) in [5, 5.41) is 0. The predicted octanol–water partition coefficient (Wildman–Crippen LogP) is 3.99. The first-order valence-electron chi connectivity index (χ1n) is 5.08. The van der Waals surface area contributed by atoms with Gasteiger partial charge in [0, 0.05) is 18.1 Å². The third-order valence-electron chi connectivity index (χ3n) is 1.38. The molecule has 80 valence electrons. The Hall–Kier alpha value is -1.31. The first kappa shape index (κ1) is 15.2. The molecule has 0 radical (unpaired) electrons. The van der Waals surface area contributed by atoms with Gasteiger partial charge in [0.15, 0.2) is 0 Å². The quantitative estimate of drug-likeness (QED) is 0.696. The van der Waals surface area contributed by atoms with Crippen LogP contribution in [-0.2, 0) is 0 Å². The van der Waals surface area contributed by atoms with Crippen LogP contribution < -0.4 is 0 Å². The van der Waals surface area contributed by atoms with Gasteiger partial charge in [0.1, 0.15) is 5.82 Å². The van der Waals surface area contributed by atoms with E-state index in [4.69, 9.17) is 0 Å². The monoisotopic (exact) mass is 194 g/mol. The highest BCUT2D eigenvalue weighted by Crippen LogP contribution is 2.04. The molecule has 0 atom stereocenters. The Bertz CT molecular complexity index is 259. The van der Waals surface area contributed by atoms with Crippen LogP contribution in [0, 0.1) is 6.92 Å². The topological polar surface area (TPSA) is 17.8 Å². The van der Waals surface area contributed by atoms with Gasteiger partial charge in [-0.1, -0.05) is 40.9 Å². The molecule has 0 aliphatic rings. The zero-order chi connectivity index (χ0) is 11.6. The molecule has 2 heteroatoms. The van der Waals surface area contributed by atoms with Crippen molar-refractivity contribution in [2.24, 2.45) is 0 Å². The summed E-state index contributed by atoms with van der Waals surface area (Å²) < 4.78 is 1.88. The fraction of sp³-hybridized carbons (Fsp3) is 0.417. The van der Waals surface area contributed by atoms with E-state index in [-0.39, 0.29) is 0 Å². The van der Waals surface area contributed by atoms with Gasteiger partial charge in [0.25, 0.3) is 0 Å². The van der Waals surface area contributed by atoms with Gasteiger partial charge in [0.05, 0.1) is 0 Å². The average molecular weight is 194 g/mol. The first-order chi connectivity index (χ1) is 6.79. The SMILES string of the molecule is C=Cc1ncc(C)n1C=C.CC.CC. The summed E-state index contributed by atoms with van der Waals surface area (Å²) in [6, 6.07) is 0. The molecule has 0 aromatic carbocycles. The number of aryl methyl sites for hydroxylation is 1. The number of aromatic nitrogens is 2. The van der Waals surface area contributed by atoms with E-state index < -0.39 is 0 Å². The highest BCUT2D eigenvalue weighted by atomic mass is 15.1. The van der Waals surface area contributed by atoms with Crippen molar-refractivity contribution in [1.29, 1.82) is 0 Å². The molecule has 14 heavy (non-hydrogen) atoms. The Labute approximate surface area is 88.0 Å². The largest absolute Gasteiger partial charge is 0.305 e. The Morgan fingerprint density at radius 3 is 2.00 bits per heavy atom. The summed E-state index contributed by atoms with van der Waals surface area (Å²) in [6.07, 6.45) is 5.22. The minimum atomic E-state index is 0.840. The lowest BCUT2D eigenvalue weighted by Gasteiger charge is -1.96. The summed E-state index contributed by atoms with van der Waals surface area (Å²) in [6.45, 7) is 17.2. The molecule has 0 saturated carbocycles. The number of rotatable bonds is 2. The van der Waals surface area contributed by atoms with Crippen molar-refractivity contribution in [3.05, 3.63) is 30.9 Å². The fourth-order valence-electron chi connectivity index (χ4n) is 0.853. The lowest BCUT2D eigenvalue weighted by atomic mass is 10.5. The van der Waals surface area contributed by atoms with Gasteiger partial charge in [-0.3, -0.25) is 0 Å². The lowest BCUT2D eigenvalue weighted by Crippen LogP contribution is -1.90. The van der Waals surface area contributed by atoms with Crippen LogP contribution in [0.25, 0.3) is 12.3 Å². The van der Waals surface area contributed by atoms with Crippen LogP contribution >= 0.6 is 0 Å². The van der Waals surface area contributed by atoms with Crippen molar-refractivity contribution >= 4 is 12.3 Å². The van der Waals surface area contributed by atoms with E-state index in [1.54, 1.807) is 18.5 Å². The Kier molecular flexibility index (Phi) is 10.6. The molecule has 2 nitrogen and oxygen atoms in total. The van der Waals surface area contributed by atoms with Crippen LogP contribution in [0.5, 0.6) is 0 Å². The first-order valence-corrected chi connectivity index (χ1v) is 5.08. The van der Waals surface area contributed by atoms with Gasteiger partial charge in [-0.25, -0.2) is 4.98 Å². The van der Waals surface area contributed by atoms with Crippen molar-refractivity contribution in [3.8, 4) is 0 Å².